The predicted molar refractivity (Wildman–Crippen MR) is 97.7 cm³/mol. The first-order valence-electron chi connectivity index (χ1n) is 8.56. The summed E-state index contributed by atoms with van der Waals surface area (Å²) in [6.45, 7) is 0.803. The van der Waals surface area contributed by atoms with Gasteiger partial charge in [-0.2, -0.15) is 0 Å². The number of benzene rings is 2. The van der Waals surface area contributed by atoms with Crippen LogP contribution in [0.1, 0.15) is 12.8 Å². The van der Waals surface area contributed by atoms with Gasteiger partial charge in [0.15, 0.2) is 0 Å². The van der Waals surface area contributed by atoms with Crippen molar-refractivity contribution in [1.82, 2.24) is 0 Å². The fourth-order valence-corrected chi connectivity index (χ4v) is 3.22. The van der Waals surface area contributed by atoms with Crippen molar-refractivity contribution in [3.63, 3.8) is 0 Å². The van der Waals surface area contributed by atoms with E-state index in [0.717, 1.165) is 35.7 Å². The molecule has 2 aromatic rings. The van der Waals surface area contributed by atoms with Gasteiger partial charge in [0.2, 0.25) is 0 Å². The molecule has 0 aliphatic carbocycles. The van der Waals surface area contributed by atoms with Crippen molar-refractivity contribution in [3.05, 3.63) is 48.5 Å². The summed E-state index contributed by atoms with van der Waals surface area (Å²) in [7, 11) is 3.31. The predicted octanol–water partition coefficient (Wildman–Crippen LogP) is 3.59. The van der Waals surface area contributed by atoms with Gasteiger partial charge in [0.05, 0.1) is 20.8 Å². The molecule has 5 nitrogen and oxygen atoms in total. The van der Waals surface area contributed by atoms with Crippen LogP contribution >= 0.6 is 0 Å². The number of ether oxygens (including phenoxy) is 3. The first-order valence-corrected chi connectivity index (χ1v) is 8.56. The Hall–Kier alpha value is -2.24. The van der Waals surface area contributed by atoms with Crippen LogP contribution in [0.2, 0.25) is 0 Å². The summed E-state index contributed by atoms with van der Waals surface area (Å²) in [6, 6.07) is 15.8. The lowest BCUT2D eigenvalue weighted by Crippen LogP contribution is -2.44. The Bertz CT molecular complexity index is 609. The molecule has 0 amide bonds. The first-order chi connectivity index (χ1) is 12.3. The highest BCUT2D eigenvalue weighted by atomic mass is 16.5. The molecule has 1 aliphatic heterocycles. The fraction of sp³-hybridized carbons (Fsp3) is 0.400. The topological polar surface area (TPSA) is 51.2 Å². The minimum atomic E-state index is -0.208. The van der Waals surface area contributed by atoms with E-state index in [1.807, 2.05) is 48.5 Å². The summed E-state index contributed by atoms with van der Waals surface area (Å²) in [5, 5.41) is 9.82. The van der Waals surface area contributed by atoms with Crippen LogP contribution in [-0.4, -0.2) is 38.8 Å². The van der Waals surface area contributed by atoms with Gasteiger partial charge in [0, 0.05) is 23.9 Å². The van der Waals surface area contributed by atoms with Crippen molar-refractivity contribution in [2.75, 3.05) is 32.3 Å². The van der Waals surface area contributed by atoms with Crippen LogP contribution in [0.25, 0.3) is 0 Å². The molecular formula is C20H25NO4. The number of rotatable bonds is 6. The van der Waals surface area contributed by atoms with Crippen molar-refractivity contribution in [1.29, 1.82) is 0 Å². The van der Waals surface area contributed by atoms with E-state index >= 15 is 0 Å². The lowest BCUT2D eigenvalue weighted by atomic mass is 9.98. The van der Waals surface area contributed by atoms with E-state index < -0.39 is 0 Å². The van der Waals surface area contributed by atoms with Gasteiger partial charge in [0.1, 0.15) is 17.7 Å². The number of nitrogens with zero attached hydrogens (tertiary/aromatic N) is 1. The van der Waals surface area contributed by atoms with Gasteiger partial charge in [-0.05, 0) is 61.4 Å². The Morgan fingerprint density at radius 3 is 1.92 bits per heavy atom. The molecular weight excluding hydrogens is 318 g/mol. The van der Waals surface area contributed by atoms with Crippen LogP contribution < -0.4 is 14.4 Å². The van der Waals surface area contributed by atoms with E-state index in [2.05, 4.69) is 4.90 Å². The van der Waals surface area contributed by atoms with Crippen molar-refractivity contribution in [2.24, 2.45) is 5.92 Å². The lowest BCUT2D eigenvalue weighted by Gasteiger charge is -2.40. The van der Waals surface area contributed by atoms with Crippen LogP contribution in [0.3, 0.4) is 0 Å². The van der Waals surface area contributed by atoms with E-state index in [9.17, 15) is 5.11 Å². The Labute approximate surface area is 148 Å². The highest BCUT2D eigenvalue weighted by Crippen LogP contribution is 2.36. The van der Waals surface area contributed by atoms with Gasteiger partial charge in [0.25, 0.3) is 0 Å². The van der Waals surface area contributed by atoms with Crippen LogP contribution in [0, 0.1) is 5.92 Å². The molecule has 1 fully saturated rings. The maximum Gasteiger partial charge on any atom is 0.139 e. The van der Waals surface area contributed by atoms with E-state index in [4.69, 9.17) is 14.2 Å². The Morgan fingerprint density at radius 2 is 1.48 bits per heavy atom. The summed E-state index contributed by atoms with van der Waals surface area (Å²) in [5.74, 6) is 1.68. The van der Waals surface area contributed by atoms with Gasteiger partial charge >= 0.3 is 0 Å². The Balaban J connectivity index is 1.99. The minimum absolute atomic E-state index is 0.0675. The third-order valence-corrected chi connectivity index (χ3v) is 4.60. The molecule has 5 heteroatoms. The van der Waals surface area contributed by atoms with Crippen LogP contribution in [0.4, 0.5) is 11.4 Å². The maximum atomic E-state index is 9.82. The second-order valence-electron chi connectivity index (χ2n) is 6.11. The molecule has 0 aromatic heterocycles. The van der Waals surface area contributed by atoms with Crippen LogP contribution in [0.15, 0.2) is 48.5 Å². The molecule has 2 aromatic carbocycles. The van der Waals surface area contributed by atoms with Gasteiger partial charge in [-0.15, -0.1) is 0 Å². The summed E-state index contributed by atoms with van der Waals surface area (Å²) >= 11 is 0. The molecule has 134 valence electrons. The van der Waals surface area contributed by atoms with E-state index in [0.29, 0.717) is 6.61 Å². The third kappa shape index (κ3) is 3.89. The zero-order valence-electron chi connectivity index (χ0n) is 14.7. The van der Waals surface area contributed by atoms with Gasteiger partial charge in [-0.1, -0.05) is 0 Å². The highest BCUT2D eigenvalue weighted by molar-refractivity contribution is 5.65. The Morgan fingerprint density at radius 1 is 0.960 bits per heavy atom. The zero-order chi connectivity index (χ0) is 17.6. The maximum absolute atomic E-state index is 9.82. The van der Waals surface area contributed by atoms with Gasteiger partial charge < -0.3 is 24.2 Å². The number of aliphatic hydroxyl groups is 1. The molecule has 0 radical (unpaired) electrons. The third-order valence-electron chi connectivity index (χ3n) is 4.60. The molecule has 1 saturated heterocycles. The average Bonchev–Trinajstić information content (AvgIpc) is 2.69. The lowest BCUT2D eigenvalue weighted by molar-refractivity contribution is -0.0390. The fourth-order valence-electron chi connectivity index (χ4n) is 3.22. The molecule has 2 atom stereocenters. The van der Waals surface area contributed by atoms with Crippen molar-refractivity contribution in [2.45, 2.75) is 19.1 Å². The van der Waals surface area contributed by atoms with Gasteiger partial charge in [-0.3, -0.25) is 0 Å². The summed E-state index contributed by atoms with van der Waals surface area (Å²) < 4.78 is 16.6. The molecule has 0 bridgehead atoms. The van der Waals surface area contributed by atoms with Gasteiger partial charge in [-0.25, -0.2) is 0 Å². The molecule has 1 aliphatic rings. The summed E-state index contributed by atoms with van der Waals surface area (Å²) in [4.78, 5) is 2.14. The quantitative estimate of drug-likeness (QED) is 0.869. The van der Waals surface area contributed by atoms with Crippen molar-refractivity contribution >= 4 is 11.4 Å². The molecule has 1 heterocycles. The molecule has 1 N–H and O–H groups in total. The number of hydrogen-bond donors (Lipinski definition) is 1. The molecule has 0 unspecified atom stereocenters. The second-order valence-corrected chi connectivity index (χ2v) is 6.11. The van der Waals surface area contributed by atoms with E-state index in [-0.39, 0.29) is 18.8 Å². The number of anilines is 2. The first kappa shape index (κ1) is 17.6. The smallest absolute Gasteiger partial charge is 0.139 e. The van der Waals surface area contributed by atoms with Crippen molar-refractivity contribution < 1.29 is 19.3 Å². The van der Waals surface area contributed by atoms with Crippen LogP contribution in [0.5, 0.6) is 11.5 Å². The molecule has 0 saturated carbocycles. The molecule has 25 heavy (non-hydrogen) atoms. The number of hydrogen-bond acceptors (Lipinski definition) is 5. The summed E-state index contributed by atoms with van der Waals surface area (Å²) in [6.07, 6.45) is 1.71. The number of methoxy groups -OCH3 is 2. The second kappa shape index (κ2) is 8.23. The minimum Gasteiger partial charge on any atom is -0.497 e. The summed E-state index contributed by atoms with van der Waals surface area (Å²) in [5.41, 5.74) is 1.99. The normalized spacial score (nSPS) is 20.1. The van der Waals surface area contributed by atoms with E-state index in [1.54, 1.807) is 14.2 Å². The average molecular weight is 343 g/mol. The standard InChI is InChI=1S/C20H25NO4/c1-23-18-9-5-16(6-10-18)21(17-7-11-19(24-2)12-8-17)20-15(14-22)4-3-13-25-20/h5-12,15,20,22H,3-4,13-14H2,1-2H3/t15-,20+/m0/s1. The monoisotopic (exact) mass is 343 g/mol. The highest BCUT2D eigenvalue weighted by Gasteiger charge is 2.32. The molecule has 0 spiro atoms. The van der Waals surface area contributed by atoms with E-state index in [1.165, 1.54) is 0 Å². The van der Waals surface area contributed by atoms with Crippen LogP contribution in [-0.2, 0) is 4.74 Å². The molecule has 3 rings (SSSR count). The largest absolute Gasteiger partial charge is 0.497 e. The SMILES string of the molecule is COc1ccc(N(c2ccc(OC)cc2)[C@@H]2OCCC[C@H]2CO)cc1. The Kier molecular flexibility index (Phi) is 5.79. The van der Waals surface area contributed by atoms with Crippen molar-refractivity contribution in [3.8, 4) is 11.5 Å². The number of aliphatic hydroxyl groups excluding tert-OH is 1. The zero-order valence-corrected chi connectivity index (χ0v) is 14.7.